The number of nitrogen functional groups attached to an aromatic ring is 1. The smallest absolute Gasteiger partial charge is 0.348 e. The van der Waals surface area contributed by atoms with Crippen LogP contribution in [0.25, 0.3) is 0 Å². The summed E-state index contributed by atoms with van der Waals surface area (Å²) >= 11 is 1.39. The molecule has 1 aliphatic carbocycles. The van der Waals surface area contributed by atoms with Crippen molar-refractivity contribution in [2.45, 2.75) is 51.4 Å². The van der Waals surface area contributed by atoms with Crippen LogP contribution in [0.3, 0.4) is 0 Å². The first-order valence-electron chi connectivity index (χ1n) is 6.14. The number of hydrogen-bond acceptors (Lipinski definition) is 3. The van der Waals surface area contributed by atoms with E-state index >= 15 is 0 Å². The molecule has 2 rings (SSSR count). The molecule has 1 aromatic heterocycles. The van der Waals surface area contributed by atoms with Gasteiger partial charge in [0.1, 0.15) is 4.88 Å². The molecule has 94 valence electrons. The van der Waals surface area contributed by atoms with E-state index in [4.69, 9.17) is 10.8 Å². The molecule has 3 N–H and O–H groups in total. The van der Waals surface area contributed by atoms with Crippen molar-refractivity contribution >= 4 is 23.0 Å². The van der Waals surface area contributed by atoms with Gasteiger partial charge < -0.3 is 10.8 Å². The van der Waals surface area contributed by atoms with Crippen LogP contribution in [0.2, 0.25) is 0 Å². The van der Waals surface area contributed by atoms with Crippen molar-refractivity contribution in [3.63, 3.8) is 0 Å². The maximum Gasteiger partial charge on any atom is 0.348 e. The maximum absolute atomic E-state index is 11.2. The van der Waals surface area contributed by atoms with Crippen LogP contribution in [0.4, 0.5) is 5.69 Å². The monoisotopic (exact) mass is 253 g/mol. The third-order valence-corrected chi connectivity index (χ3v) is 5.39. The lowest BCUT2D eigenvalue weighted by Gasteiger charge is -2.23. The molecule has 0 aromatic carbocycles. The van der Waals surface area contributed by atoms with Gasteiger partial charge in [-0.1, -0.05) is 26.7 Å². The number of thiophene rings is 1. The molecule has 1 heterocycles. The summed E-state index contributed by atoms with van der Waals surface area (Å²) in [7, 11) is 0. The summed E-state index contributed by atoms with van der Waals surface area (Å²) in [5.74, 6) is -0.893. The van der Waals surface area contributed by atoms with Gasteiger partial charge in [0.25, 0.3) is 0 Å². The van der Waals surface area contributed by atoms with E-state index in [1.165, 1.54) is 29.1 Å². The molecule has 1 aromatic rings. The van der Waals surface area contributed by atoms with Crippen LogP contribution in [-0.2, 0) is 11.8 Å². The number of carboxylic acid groups (broad SMARTS) is 1. The molecule has 0 bridgehead atoms. The summed E-state index contributed by atoms with van der Waals surface area (Å²) in [6.45, 7) is 4.29. The van der Waals surface area contributed by atoms with Crippen molar-refractivity contribution < 1.29 is 9.90 Å². The average Bonchev–Trinajstić information content (AvgIpc) is 2.83. The first kappa shape index (κ1) is 12.4. The molecule has 3 nitrogen and oxygen atoms in total. The second kappa shape index (κ2) is 4.33. The number of nitrogens with two attached hydrogens (primary N) is 1. The summed E-state index contributed by atoms with van der Waals surface area (Å²) in [6, 6.07) is 0. The van der Waals surface area contributed by atoms with E-state index in [1.54, 1.807) is 0 Å². The first-order chi connectivity index (χ1) is 7.99. The van der Waals surface area contributed by atoms with Gasteiger partial charge in [-0.25, -0.2) is 4.79 Å². The Morgan fingerprint density at radius 3 is 2.53 bits per heavy atom. The molecular formula is C13H19NO2S. The van der Waals surface area contributed by atoms with Crippen LogP contribution >= 0.6 is 11.3 Å². The molecule has 0 aliphatic heterocycles. The van der Waals surface area contributed by atoms with Gasteiger partial charge >= 0.3 is 5.97 Å². The molecular weight excluding hydrogens is 234 g/mol. The van der Waals surface area contributed by atoms with E-state index in [-0.39, 0.29) is 5.41 Å². The Balaban J connectivity index is 2.53. The quantitative estimate of drug-likeness (QED) is 0.867. The van der Waals surface area contributed by atoms with Crippen molar-refractivity contribution in [3.05, 3.63) is 15.3 Å². The van der Waals surface area contributed by atoms with E-state index in [9.17, 15) is 4.79 Å². The number of carboxylic acids is 1. The van der Waals surface area contributed by atoms with Crippen molar-refractivity contribution in [3.8, 4) is 0 Å². The first-order valence-corrected chi connectivity index (χ1v) is 6.96. The topological polar surface area (TPSA) is 63.3 Å². The number of hydrogen-bond donors (Lipinski definition) is 2. The van der Waals surface area contributed by atoms with Gasteiger partial charge in [0.2, 0.25) is 0 Å². The zero-order valence-corrected chi connectivity index (χ0v) is 11.2. The van der Waals surface area contributed by atoms with Gasteiger partial charge in [0, 0.05) is 10.3 Å². The Morgan fingerprint density at radius 2 is 2.06 bits per heavy atom. The molecule has 0 atom stereocenters. The van der Waals surface area contributed by atoms with Gasteiger partial charge in [-0.05, 0) is 24.8 Å². The highest BCUT2D eigenvalue weighted by Crippen LogP contribution is 2.47. The molecule has 1 saturated carbocycles. The Hall–Kier alpha value is -1.03. The van der Waals surface area contributed by atoms with Crippen LogP contribution in [0.1, 0.15) is 59.6 Å². The maximum atomic E-state index is 11.2. The fourth-order valence-electron chi connectivity index (χ4n) is 2.86. The summed E-state index contributed by atoms with van der Waals surface area (Å²) in [5.41, 5.74) is 7.68. The average molecular weight is 253 g/mol. The second-order valence-corrected chi connectivity index (χ2v) is 6.10. The van der Waals surface area contributed by atoms with E-state index in [1.807, 2.05) is 6.92 Å². The fraction of sp³-hybridized carbons (Fsp3) is 0.615. The predicted molar refractivity (Wildman–Crippen MR) is 70.9 cm³/mol. The Morgan fingerprint density at radius 1 is 1.47 bits per heavy atom. The highest BCUT2D eigenvalue weighted by molar-refractivity contribution is 7.15. The van der Waals surface area contributed by atoms with Gasteiger partial charge in [-0.15, -0.1) is 11.3 Å². The highest BCUT2D eigenvalue weighted by Gasteiger charge is 2.36. The van der Waals surface area contributed by atoms with Crippen molar-refractivity contribution in [1.82, 2.24) is 0 Å². The number of rotatable bonds is 3. The zero-order valence-electron chi connectivity index (χ0n) is 10.4. The summed E-state index contributed by atoms with van der Waals surface area (Å²) in [5, 5.41) is 9.16. The molecule has 4 heteroatoms. The largest absolute Gasteiger partial charge is 0.477 e. The Kier molecular flexibility index (Phi) is 3.17. The summed E-state index contributed by atoms with van der Waals surface area (Å²) in [6.07, 6.45) is 5.60. The summed E-state index contributed by atoms with van der Waals surface area (Å²) < 4.78 is 0. The van der Waals surface area contributed by atoms with Crippen molar-refractivity contribution in [2.24, 2.45) is 0 Å². The fourth-order valence-corrected chi connectivity index (χ4v) is 4.21. The SMILES string of the molecule is CCc1c(C2(C)CCCC2)sc(C(=O)O)c1N. The lowest BCUT2D eigenvalue weighted by Crippen LogP contribution is -2.16. The zero-order chi connectivity index (χ0) is 12.6. The van der Waals surface area contributed by atoms with Crippen LogP contribution in [-0.4, -0.2) is 11.1 Å². The van der Waals surface area contributed by atoms with Gasteiger partial charge in [0.05, 0.1) is 5.69 Å². The van der Waals surface area contributed by atoms with E-state index < -0.39 is 5.97 Å². The Labute approximate surface area is 106 Å². The second-order valence-electron chi connectivity index (χ2n) is 5.08. The number of carbonyl (C=O) groups is 1. The lowest BCUT2D eigenvalue weighted by molar-refractivity contribution is 0.0703. The molecule has 1 aliphatic rings. The molecule has 0 radical (unpaired) electrons. The van der Waals surface area contributed by atoms with Crippen LogP contribution in [0.5, 0.6) is 0 Å². The normalized spacial score (nSPS) is 18.5. The molecule has 0 spiro atoms. The third kappa shape index (κ3) is 1.95. The lowest BCUT2D eigenvalue weighted by atomic mass is 9.84. The standard InChI is InChI=1S/C13H19NO2S/c1-3-8-9(14)10(12(15)16)17-11(8)13(2)6-4-5-7-13/h3-7,14H2,1-2H3,(H,15,16). The Bertz CT molecular complexity index is 445. The van der Waals surface area contributed by atoms with Crippen LogP contribution < -0.4 is 5.73 Å². The minimum absolute atomic E-state index is 0.151. The highest BCUT2D eigenvalue weighted by atomic mass is 32.1. The van der Waals surface area contributed by atoms with Crippen molar-refractivity contribution in [1.29, 1.82) is 0 Å². The predicted octanol–water partition coefficient (Wildman–Crippen LogP) is 3.42. The molecule has 0 amide bonds. The number of anilines is 1. The summed E-state index contributed by atoms with van der Waals surface area (Å²) in [4.78, 5) is 12.7. The van der Waals surface area contributed by atoms with Crippen LogP contribution in [0, 0.1) is 0 Å². The van der Waals surface area contributed by atoms with E-state index in [0.29, 0.717) is 10.6 Å². The molecule has 17 heavy (non-hydrogen) atoms. The molecule has 1 fully saturated rings. The van der Waals surface area contributed by atoms with Gasteiger partial charge in [-0.3, -0.25) is 0 Å². The third-order valence-electron chi connectivity index (χ3n) is 3.85. The minimum Gasteiger partial charge on any atom is -0.477 e. The van der Waals surface area contributed by atoms with Gasteiger partial charge in [-0.2, -0.15) is 0 Å². The molecule has 0 saturated heterocycles. The van der Waals surface area contributed by atoms with Crippen LogP contribution in [0.15, 0.2) is 0 Å². The van der Waals surface area contributed by atoms with Gasteiger partial charge in [0.15, 0.2) is 0 Å². The van der Waals surface area contributed by atoms with E-state index in [0.717, 1.165) is 24.8 Å². The molecule has 0 unspecified atom stereocenters. The minimum atomic E-state index is -0.893. The number of aromatic carboxylic acids is 1. The van der Waals surface area contributed by atoms with E-state index in [2.05, 4.69) is 6.92 Å². The van der Waals surface area contributed by atoms with Crippen molar-refractivity contribution in [2.75, 3.05) is 5.73 Å².